The predicted molar refractivity (Wildman–Crippen MR) is 106 cm³/mol. The van der Waals surface area contributed by atoms with Gasteiger partial charge in [0, 0.05) is 42.9 Å². The highest BCUT2D eigenvalue weighted by Crippen LogP contribution is 2.16. The Balaban J connectivity index is 2.00. The molecule has 1 aliphatic heterocycles. The zero-order chi connectivity index (χ0) is 20.0. The highest BCUT2D eigenvalue weighted by atomic mass is 16.5. The van der Waals surface area contributed by atoms with Gasteiger partial charge in [-0.3, -0.25) is 14.6 Å². The number of nitrogens with zero attached hydrogens (tertiary/aromatic N) is 2. The van der Waals surface area contributed by atoms with Crippen LogP contribution in [0.4, 0.5) is 5.95 Å². The third-order valence-corrected chi connectivity index (χ3v) is 4.87. The second-order valence-corrected chi connectivity index (χ2v) is 7.96. The van der Waals surface area contributed by atoms with Crippen molar-refractivity contribution in [3.63, 3.8) is 0 Å². The number of nitrogens with one attached hydrogen (secondary N) is 2. The van der Waals surface area contributed by atoms with Gasteiger partial charge < -0.3 is 20.7 Å². The van der Waals surface area contributed by atoms with Crippen LogP contribution in [0.5, 0.6) is 0 Å². The van der Waals surface area contributed by atoms with Gasteiger partial charge in [0.05, 0.1) is 13.2 Å². The van der Waals surface area contributed by atoms with Crippen molar-refractivity contribution >= 4 is 11.9 Å². The van der Waals surface area contributed by atoms with Gasteiger partial charge in [0.2, 0.25) is 11.9 Å². The molecule has 1 fully saturated rings. The van der Waals surface area contributed by atoms with Gasteiger partial charge in [-0.2, -0.15) is 0 Å². The number of morpholine rings is 1. The minimum Gasteiger partial charge on any atom is -0.378 e. The largest absolute Gasteiger partial charge is 0.378 e. The number of carbonyl (C=O) groups excluding carboxylic acids is 1. The summed E-state index contributed by atoms with van der Waals surface area (Å²) >= 11 is 0. The molecule has 1 saturated heterocycles. The maximum Gasteiger partial charge on any atom is 0.255 e. The van der Waals surface area contributed by atoms with Crippen molar-refractivity contribution in [1.29, 1.82) is 0 Å². The molecule has 1 unspecified atom stereocenters. The summed E-state index contributed by atoms with van der Waals surface area (Å²) in [5.74, 6) is 0.905. The summed E-state index contributed by atoms with van der Waals surface area (Å²) in [5.41, 5.74) is 6.47. The predicted octanol–water partition coefficient (Wildman–Crippen LogP) is 0.727. The van der Waals surface area contributed by atoms with Gasteiger partial charge in [0.25, 0.3) is 5.56 Å². The lowest BCUT2D eigenvalue weighted by molar-refractivity contribution is -0.122. The number of hydrogen-bond acceptors (Lipinski definition) is 6. The van der Waals surface area contributed by atoms with E-state index in [1.807, 2.05) is 18.7 Å². The Kier molecular flexibility index (Phi) is 7.38. The standard InChI is InChI=1S/C19H33N5O3/c1-13(2)11-19(4,12-20)23-16(25)6-5-15-14(3)21-18(22-17(15)26)24-7-9-27-10-8-24/h13H,5-12,20H2,1-4H3,(H,23,25)(H,21,22,26). The van der Waals surface area contributed by atoms with Crippen molar-refractivity contribution in [1.82, 2.24) is 15.3 Å². The van der Waals surface area contributed by atoms with Crippen molar-refractivity contribution < 1.29 is 9.53 Å². The van der Waals surface area contributed by atoms with Crippen LogP contribution in [-0.2, 0) is 16.0 Å². The fourth-order valence-electron chi connectivity index (χ4n) is 3.54. The van der Waals surface area contributed by atoms with Gasteiger partial charge in [-0.15, -0.1) is 0 Å². The first kappa shape index (κ1) is 21.4. The molecule has 0 radical (unpaired) electrons. The lowest BCUT2D eigenvalue weighted by Gasteiger charge is -2.31. The number of aryl methyl sites for hydroxylation is 1. The number of aromatic amines is 1. The van der Waals surface area contributed by atoms with Crippen molar-refractivity contribution in [3.8, 4) is 0 Å². The first-order valence-electron chi connectivity index (χ1n) is 9.67. The number of nitrogens with two attached hydrogens (primary N) is 1. The van der Waals surface area contributed by atoms with Crippen molar-refractivity contribution in [2.45, 2.75) is 52.5 Å². The highest BCUT2D eigenvalue weighted by molar-refractivity contribution is 5.77. The molecule has 4 N–H and O–H groups in total. The van der Waals surface area contributed by atoms with E-state index in [4.69, 9.17) is 10.5 Å². The van der Waals surface area contributed by atoms with Crippen LogP contribution >= 0.6 is 0 Å². The van der Waals surface area contributed by atoms with Crippen LogP contribution < -0.4 is 21.5 Å². The van der Waals surface area contributed by atoms with E-state index in [9.17, 15) is 9.59 Å². The normalized spacial score (nSPS) is 17.0. The number of H-pyrrole nitrogens is 1. The van der Waals surface area contributed by atoms with Crippen LogP contribution in [0.25, 0.3) is 0 Å². The third kappa shape index (κ3) is 6.04. The molecule has 27 heavy (non-hydrogen) atoms. The number of carbonyl (C=O) groups is 1. The molecular weight excluding hydrogens is 346 g/mol. The van der Waals surface area contributed by atoms with E-state index in [-0.39, 0.29) is 17.9 Å². The van der Waals surface area contributed by atoms with Crippen LogP contribution in [0.1, 0.15) is 44.9 Å². The maximum absolute atomic E-state index is 12.5. The summed E-state index contributed by atoms with van der Waals surface area (Å²) in [7, 11) is 0. The van der Waals surface area contributed by atoms with Crippen LogP contribution in [0.2, 0.25) is 0 Å². The van der Waals surface area contributed by atoms with Crippen molar-refractivity contribution in [2.24, 2.45) is 11.7 Å². The Labute approximate surface area is 160 Å². The summed E-state index contributed by atoms with van der Waals surface area (Å²) in [4.78, 5) is 34.3. The Morgan fingerprint density at radius 2 is 2.07 bits per heavy atom. The minimum atomic E-state index is -0.425. The van der Waals surface area contributed by atoms with Crippen LogP contribution in [0, 0.1) is 12.8 Å². The average molecular weight is 380 g/mol. The SMILES string of the molecule is Cc1nc(N2CCOCC2)[nH]c(=O)c1CCC(=O)NC(C)(CN)CC(C)C. The number of ether oxygens (including phenoxy) is 1. The van der Waals surface area contributed by atoms with Gasteiger partial charge in [0.1, 0.15) is 0 Å². The Morgan fingerprint density at radius 3 is 2.63 bits per heavy atom. The van der Waals surface area contributed by atoms with E-state index in [2.05, 4.69) is 29.1 Å². The van der Waals surface area contributed by atoms with Gasteiger partial charge >= 0.3 is 0 Å². The summed E-state index contributed by atoms with van der Waals surface area (Å²) in [6.45, 7) is 11.0. The van der Waals surface area contributed by atoms with Crippen molar-refractivity contribution in [3.05, 3.63) is 21.6 Å². The Bertz CT molecular complexity index is 697. The average Bonchev–Trinajstić information content (AvgIpc) is 2.60. The van der Waals surface area contributed by atoms with E-state index >= 15 is 0 Å². The van der Waals surface area contributed by atoms with Crippen LogP contribution in [0.15, 0.2) is 4.79 Å². The molecule has 1 aliphatic rings. The molecule has 152 valence electrons. The lowest BCUT2D eigenvalue weighted by atomic mass is 9.90. The van der Waals surface area contributed by atoms with E-state index < -0.39 is 5.54 Å². The quantitative estimate of drug-likeness (QED) is 0.614. The molecule has 1 amide bonds. The Hall–Kier alpha value is -1.93. The molecule has 8 nitrogen and oxygen atoms in total. The molecule has 0 spiro atoms. The van der Waals surface area contributed by atoms with E-state index in [1.54, 1.807) is 0 Å². The first-order chi connectivity index (χ1) is 12.7. The zero-order valence-corrected chi connectivity index (χ0v) is 16.9. The topological polar surface area (TPSA) is 113 Å². The molecule has 0 aromatic carbocycles. The fourth-order valence-corrected chi connectivity index (χ4v) is 3.54. The number of amides is 1. The second-order valence-electron chi connectivity index (χ2n) is 7.96. The van der Waals surface area contributed by atoms with E-state index in [0.29, 0.717) is 62.4 Å². The summed E-state index contributed by atoms with van der Waals surface area (Å²) in [6, 6.07) is 0. The molecule has 0 aliphatic carbocycles. The summed E-state index contributed by atoms with van der Waals surface area (Å²) in [5, 5.41) is 3.03. The highest BCUT2D eigenvalue weighted by Gasteiger charge is 2.26. The number of anilines is 1. The number of aromatic nitrogens is 2. The summed E-state index contributed by atoms with van der Waals surface area (Å²) < 4.78 is 5.33. The van der Waals surface area contributed by atoms with Crippen molar-refractivity contribution in [2.75, 3.05) is 37.7 Å². The molecule has 8 heteroatoms. The first-order valence-corrected chi connectivity index (χ1v) is 9.67. The van der Waals surface area contributed by atoms with Crippen LogP contribution in [0.3, 0.4) is 0 Å². The van der Waals surface area contributed by atoms with E-state index in [1.165, 1.54) is 0 Å². The Morgan fingerprint density at radius 1 is 1.41 bits per heavy atom. The number of hydrogen-bond donors (Lipinski definition) is 3. The third-order valence-electron chi connectivity index (χ3n) is 4.87. The minimum absolute atomic E-state index is 0.0975. The summed E-state index contributed by atoms with van der Waals surface area (Å²) in [6.07, 6.45) is 1.40. The molecule has 0 saturated carbocycles. The van der Waals surface area contributed by atoms with Gasteiger partial charge in [-0.05, 0) is 32.6 Å². The van der Waals surface area contributed by atoms with Gasteiger partial charge in [0.15, 0.2) is 0 Å². The smallest absolute Gasteiger partial charge is 0.255 e. The fraction of sp³-hybridized carbons (Fsp3) is 0.737. The second kappa shape index (κ2) is 9.32. The molecule has 0 bridgehead atoms. The molecule has 1 aromatic rings. The zero-order valence-electron chi connectivity index (χ0n) is 16.9. The lowest BCUT2D eigenvalue weighted by Crippen LogP contribution is -2.52. The maximum atomic E-state index is 12.5. The number of rotatable bonds is 8. The van der Waals surface area contributed by atoms with Crippen LogP contribution in [-0.4, -0.2) is 54.3 Å². The molecule has 2 heterocycles. The molecule has 1 aromatic heterocycles. The van der Waals surface area contributed by atoms with E-state index in [0.717, 1.165) is 6.42 Å². The monoisotopic (exact) mass is 379 g/mol. The molecular formula is C19H33N5O3. The molecule has 2 rings (SSSR count). The van der Waals surface area contributed by atoms with Gasteiger partial charge in [-0.25, -0.2) is 4.98 Å². The molecule has 1 atom stereocenters. The van der Waals surface area contributed by atoms with Gasteiger partial charge in [-0.1, -0.05) is 13.8 Å².